The minimum Gasteiger partial charge on any atom is -0.466 e. The van der Waals surface area contributed by atoms with Crippen LogP contribution in [0.1, 0.15) is 0 Å². The standard InChI is InChI=1S/C14H10Cl2N2O4S/c1-22-12(20)5-9-14(21)18-11(23-9)6-10(19)17-13-7(15)3-2-4-8(13)16/h2-6H,1H3,(H,17,19)(H,18,21)/b9-5+,11-6-. The summed E-state index contributed by atoms with van der Waals surface area (Å²) in [5.41, 5.74) is -0.215. The first-order valence-corrected chi connectivity index (χ1v) is 7.73. The molecule has 6 nitrogen and oxygen atoms in total. The zero-order valence-electron chi connectivity index (χ0n) is 11.7. The number of carbonyl (C=O) groups excluding carboxylic acids is 2. The molecular weight excluding hydrogens is 363 g/mol. The van der Waals surface area contributed by atoms with E-state index in [0.717, 1.165) is 17.4 Å². The normalized spacial score (nSPS) is 12.3. The molecule has 0 saturated carbocycles. The van der Waals surface area contributed by atoms with Crippen LogP contribution >= 0.6 is 34.5 Å². The highest BCUT2D eigenvalue weighted by Gasteiger charge is 2.08. The number of anilines is 1. The molecule has 0 spiro atoms. The molecule has 0 unspecified atom stereocenters. The maximum absolute atomic E-state index is 12.0. The maximum atomic E-state index is 12.0. The number of para-hydroxylation sites is 1. The zero-order valence-corrected chi connectivity index (χ0v) is 14.0. The van der Waals surface area contributed by atoms with Gasteiger partial charge in [0.15, 0.2) is 0 Å². The number of hydrogen-bond acceptors (Lipinski definition) is 5. The summed E-state index contributed by atoms with van der Waals surface area (Å²) in [6.07, 6.45) is 2.21. The van der Waals surface area contributed by atoms with Gasteiger partial charge in [0.05, 0.1) is 22.8 Å². The molecule has 0 aliphatic rings. The SMILES string of the molecule is COC(=O)/C=c1/s/c(=C\C(=O)Nc2c(Cl)cccc2Cl)[nH]c1=O. The first-order valence-electron chi connectivity index (χ1n) is 6.16. The first kappa shape index (κ1) is 17.3. The Bertz CT molecular complexity index is 913. The summed E-state index contributed by atoms with van der Waals surface area (Å²) in [4.78, 5) is 37.2. The predicted molar refractivity (Wildman–Crippen MR) is 90.2 cm³/mol. The van der Waals surface area contributed by atoms with Crippen molar-refractivity contribution in [2.75, 3.05) is 12.4 Å². The topological polar surface area (TPSA) is 88.3 Å². The van der Waals surface area contributed by atoms with E-state index in [2.05, 4.69) is 15.0 Å². The van der Waals surface area contributed by atoms with Gasteiger partial charge in [-0.25, -0.2) is 4.79 Å². The van der Waals surface area contributed by atoms with Crippen LogP contribution in [0.3, 0.4) is 0 Å². The summed E-state index contributed by atoms with van der Waals surface area (Å²) in [6, 6.07) is 4.81. The minimum atomic E-state index is -0.656. The van der Waals surface area contributed by atoms with Crippen LogP contribution in [0.4, 0.5) is 5.69 Å². The Balaban J connectivity index is 2.31. The number of halogens is 2. The fraction of sp³-hybridized carbons (Fsp3) is 0.0714. The van der Waals surface area contributed by atoms with Crippen molar-refractivity contribution >= 4 is 64.3 Å². The summed E-state index contributed by atoms with van der Waals surface area (Å²) in [5, 5.41) is 3.11. The number of methoxy groups -OCH3 is 1. The molecule has 0 aliphatic carbocycles. The van der Waals surface area contributed by atoms with E-state index in [1.54, 1.807) is 18.2 Å². The summed E-state index contributed by atoms with van der Waals surface area (Å²) < 4.78 is 4.85. The van der Waals surface area contributed by atoms with Crippen LogP contribution < -0.4 is 20.1 Å². The van der Waals surface area contributed by atoms with Gasteiger partial charge in [-0.2, -0.15) is 0 Å². The van der Waals surface area contributed by atoms with Gasteiger partial charge in [-0.15, -0.1) is 11.3 Å². The molecule has 0 aliphatic heterocycles. The second kappa shape index (κ2) is 7.45. The highest BCUT2D eigenvalue weighted by atomic mass is 35.5. The van der Waals surface area contributed by atoms with Gasteiger partial charge < -0.3 is 15.0 Å². The number of H-pyrrole nitrogens is 1. The molecular formula is C14H10Cl2N2O4S. The fourth-order valence-electron chi connectivity index (χ4n) is 1.59. The molecule has 2 N–H and O–H groups in total. The molecule has 0 bridgehead atoms. The fourth-order valence-corrected chi connectivity index (χ4v) is 2.92. The average molecular weight is 373 g/mol. The molecule has 1 heterocycles. The Morgan fingerprint density at radius 1 is 1.26 bits per heavy atom. The average Bonchev–Trinajstić information content (AvgIpc) is 2.82. The van der Waals surface area contributed by atoms with Gasteiger partial charge in [-0.05, 0) is 12.1 Å². The highest BCUT2D eigenvalue weighted by Crippen LogP contribution is 2.29. The molecule has 2 rings (SSSR count). The number of nitrogens with one attached hydrogen (secondary N) is 2. The summed E-state index contributed by atoms with van der Waals surface area (Å²) in [5.74, 6) is -1.18. The Labute approximate surface area is 144 Å². The van der Waals surface area contributed by atoms with Gasteiger partial charge in [0.2, 0.25) is 0 Å². The van der Waals surface area contributed by atoms with Crippen molar-refractivity contribution in [3.05, 3.63) is 47.8 Å². The molecule has 120 valence electrons. The Kier molecular flexibility index (Phi) is 5.59. The molecule has 2 aromatic rings. The minimum absolute atomic E-state index is 0.131. The number of ether oxygens (including phenoxy) is 1. The Morgan fingerprint density at radius 3 is 2.52 bits per heavy atom. The van der Waals surface area contributed by atoms with Crippen LogP contribution in [0.5, 0.6) is 0 Å². The second-order valence-electron chi connectivity index (χ2n) is 4.18. The molecule has 9 heteroatoms. The van der Waals surface area contributed by atoms with E-state index in [1.165, 1.54) is 13.2 Å². The molecule has 0 atom stereocenters. The number of rotatable bonds is 3. The molecule has 0 saturated heterocycles. The smallest absolute Gasteiger partial charge is 0.332 e. The highest BCUT2D eigenvalue weighted by molar-refractivity contribution is 7.07. The largest absolute Gasteiger partial charge is 0.466 e. The van der Waals surface area contributed by atoms with Gasteiger partial charge in [0.25, 0.3) is 11.5 Å². The third kappa shape index (κ3) is 4.44. The molecule has 0 radical (unpaired) electrons. The van der Waals surface area contributed by atoms with E-state index in [0.29, 0.717) is 10.0 Å². The van der Waals surface area contributed by atoms with E-state index in [9.17, 15) is 14.4 Å². The molecule has 1 amide bonds. The quantitative estimate of drug-likeness (QED) is 0.790. The van der Waals surface area contributed by atoms with E-state index >= 15 is 0 Å². The van der Waals surface area contributed by atoms with E-state index in [1.807, 2.05) is 0 Å². The lowest BCUT2D eigenvalue weighted by Crippen LogP contribution is -2.21. The van der Waals surface area contributed by atoms with Gasteiger partial charge in [-0.3, -0.25) is 9.59 Å². The summed E-state index contributed by atoms with van der Waals surface area (Å²) >= 11 is 12.9. The van der Waals surface area contributed by atoms with Gasteiger partial charge in [0, 0.05) is 12.2 Å². The van der Waals surface area contributed by atoms with Crippen molar-refractivity contribution in [3.63, 3.8) is 0 Å². The number of esters is 1. The zero-order chi connectivity index (χ0) is 17.0. The van der Waals surface area contributed by atoms with E-state index < -0.39 is 17.4 Å². The lowest BCUT2D eigenvalue weighted by Gasteiger charge is -2.06. The number of carbonyl (C=O) groups is 2. The van der Waals surface area contributed by atoms with Gasteiger partial charge in [-0.1, -0.05) is 29.3 Å². The van der Waals surface area contributed by atoms with Crippen molar-refractivity contribution in [1.29, 1.82) is 0 Å². The summed E-state index contributed by atoms with van der Waals surface area (Å²) in [6.45, 7) is 0. The lowest BCUT2D eigenvalue weighted by molar-refractivity contribution is -0.133. The van der Waals surface area contributed by atoms with Crippen molar-refractivity contribution in [3.8, 4) is 0 Å². The van der Waals surface area contributed by atoms with Crippen LogP contribution in [0.2, 0.25) is 10.0 Å². The lowest BCUT2D eigenvalue weighted by atomic mass is 10.3. The van der Waals surface area contributed by atoms with Crippen LogP contribution in [-0.4, -0.2) is 24.0 Å². The Hall–Kier alpha value is -2.09. The Morgan fingerprint density at radius 2 is 1.91 bits per heavy atom. The molecule has 1 aromatic heterocycles. The number of aromatic nitrogens is 1. The monoisotopic (exact) mass is 372 g/mol. The predicted octanol–water partition coefficient (Wildman–Crippen LogP) is 1.12. The summed E-state index contributed by atoms with van der Waals surface area (Å²) in [7, 11) is 1.20. The van der Waals surface area contributed by atoms with Gasteiger partial charge in [0.1, 0.15) is 9.20 Å². The number of thiazole rings is 1. The number of aromatic amines is 1. The van der Waals surface area contributed by atoms with Crippen LogP contribution in [0.15, 0.2) is 23.0 Å². The second-order valence-corrected chi connectivity index (χ2v) is 6.08. The third-order valence-corrected chi connectivity index (χ3v) is 4.20. The number of amides is 1. The van der Waals surface area contributed by atoms with Crippen molar-refractivity contribution in [1.82, 2.24) is 4.98 Å². The van der Waals surface area contributed by atoms with E-state index in [4.69, 9.17) is 23.2 Å². The van der Waals surface area contributed by atoms with Crippen LogP contribution in [0, 0.1) is 0 Å². The van der Waals surface area contributed by atoms with Crippen molar-refractivity contribution in [2.45, 2.75) is 0 Å². The van der Waals surface area contributed by atoms with E-state index in [-0.39, 0.29) is 14.9 Å². The first-order chi connectivity index (χ1) is 10.9. The van der Waals surface area contributed by atoms with Gasteiger partial charge >= 0.3 is 5.97 Å². The number of hydrogen-bond donors (Lipinski definition) is 2. The van der Waals surface area contributed by atoms with Crippen molar-refractivity contribution < 1.29 is 14.3 Å². The third-order valence-electron chi connectivity index (χ3n) is 2.60. The molecule has 0 fully saturated rings. The maximum Gasteiger partial charge on any atom is 0.332 e. The molecule has 23 heavy (non-hydrogen) atoms. The number of benzene rings is 1. The van der Waals surface area contributed by atoms with Crippen molar-refractivity contribution in [2.24, 2.45) is 0 Å². The van der Waals surface area contributed by atoms with Crippen LogP contribution in [-0.2, 0) is 14.3 Å². The van der Waals surface area contributed by atoms with Crippen LogP contribution in [0.25, 0.3) is 12.2 Å². The molecule has 1 aromatic carbocycles.